The van der Waals surface area contributed by atoms with E-state index in [0.29, 0.717) is 0 Å². The summed E-state index contributed by atoms with van der Waals surface area (Å²) in [5, 5.41) is 12.0. The van der Waals surface area contributed by atoms with Gasteiger partial charge in [0, 0.05) is 14.1 Å². The molecule has 0 unspecified atom stereocenters. The average Bonchev–Trinajstić information content (AvgIpc) is 2.01. The number of anilines is 1. The lowest BCUT2D eigenvalue weighted by molar-refractivity contribution is -0.385. The molecule has 0 aliphatic carbocycles. The van der Waals surface area contributed by atoms with Gasteiger partial charge >= 0.3 is 11.2 Å². The normalized spacial score (nSPS) is 10.2. The number of aromatic amines is 1. The lowest BCUT2D eigenvalue weighted by Gasteiger charge is -2.11. The molecule has 0 bridgehead atoms. The zero-order valence-electron chi connectivity index (χ0n) is 7.64. The highest BCUT2D eigenvalue weighted by Crippen LogP contribution is 2.14. The molecule has 0 aliphatic heterocycles. The second kappa shape index (κ2) is 3.83. The summed E-state index contributed by atoms with van der Waals surface area (Å²) >= 11 is 0. The molecule has 0 radical (unpaired) electrons. The first-order valence-electron chi connectivity index (χ1n) is 3.68. The van der Waals surface area contributed by atoms with Gasteiger partial charge in [-0.05, 0) is 0 Å². The van der Waals surface area contributed by atoms with Crippen LogP contribution in [0, 0.1) is 10.1 Å². The fraction of sp³-hybridized carbons (Fsp3) is 0.333. The second-order valence-electron chi connectivity index (χ2n) is 2.69. The molecule has 1 rings (SSSR count). The van der Waals surface area contributed by atoms with Gasteiger partial charge in [0.05, 0.1) is 11.3 Å². The van der Waals surface area contributed by atoms with Gasteiger partial charge < -0.3 is 4.98 Å². The van der Waals surface area contributed by atoms with Crippen molar-refractivity contribution in [3.63, 3.8) is 0 Å². The summed E-state index contributed by atoms with van der Waals surface area (Å²) in [6, 6.07) is 0. The Labute approximate surface area is 78.7 Å². The smallest absolute Gasteiger partial charge is 0.307 e. The number of nitrogens with zero attached hydrogens (tertiary/aromatic N) is 3. The van der Waals surface area contributed by atoms with Crippen LogP contribution >= 0.6 is 0 Å². The van der Waals surface area contributed by atoms with Crippen molar-refractivity contribution in [3.05, 3.63) is 26.8 Å². The Kier molecular flexibility index (Phi) is 2.77. The molecule has 76 valence electrons. The van der Waals surface area contributed by atoms with Crippen molar-refractivity contribution in [2.24, 2.45) is 0 Å². The van der Waals surface area contributed by atoms with Crippen molar-refractivity contribution >= 4 is 11.5 Å². The third kappa shape index (κ3) is 2.04. The van der Waals surface area contributed by atoms with Gasteiger partial charge in [-0.25, -0.2) is 9.99 Å². The van der Waals surface area contributed by atoms with E-state index < -0.39 is 16.2 Å². The number of nitrogens with one attached hydrogen (secondary N) is 2. The zero-order valence-corrected chi connectivity index (χ0v) is 7.64. The number of hydrazine groups is 1. The highest BCUT2D eigenvalue weighted by Gasteiger charge is 2.20. The van der Waals surface area contributed by atoms with Crippen molar-refractivity contribution in [2.75, 3.05) is 19.5 Å². The van der Waals surface area contributed by atoms with Crippen LogP contribution in [0.2, 0.25) is 0 Å². The maximum Gasteiger partial charge on any atom is 0.377 e. The predicted octanol–water partition coefficient (Wildman–Crippen LogP) is -0.433. The summed E-state index contributed by atoms with van der Waals surface area (Å²) in [5.74, 6) is -0.0799. The van der Waals surface area contributed by atoms with E-state index in [2.05, 4.69) is 15.4 Å². The molecule has 1 aromatic rings. The highest BCUT2D eigenvalue weighted by atomic mass is 16.6. The number of hydrogen-bond acceptors (Lipinski definition) is 6. The van der Waals surface area contributed by atoms with Crippen molar-refractivity contribution in [1.29, 1.82) is 0 Å². The van der Waals surface area contributed by atoms with Crippen molar-refractivity contribution in [2.45, 2.75) is 0 Å². The Bertz CT molecular complexity index is 399. The van der Waals surface area contributed by atoms with E-state index in [1.165, 1.54) is 5.01 Å². The van der Waals surface area contributed by atoms with Gasteiger partial charge in [0.1, 0.15) is 0 Å². The molecule has 0 atom stereocenters. The van der Waals surface area contributed by atoms with E-state index in [1.807, 2.05) is 0 Å². The van der Waals surface area contributed by atoms with Crippen molar-refractivity contribution in [1.82, 2.24) is 15.0 Å². The van der Waals surface area contributed by atoms with E-state index in [9.17, 15) is 14.9 Å². The predicted molar refractivity (Wildman–Crippen MR) is 48.8 cm³/mol. The molecule has 0 aromatic carbocycles. The maximum atomic E-state index is 11.1. The standard InChI is InChI=1S/C6H9N5O3/c1-10(2)9-5-4(11(13)14)6(12)8-3-7-5/h3H,1-2H3,(H2,7,8,9,12). The lowest BCUT2D eigenvalue weighted by atomic mass is 10.5. The minimum Gasteiger partial charge on any atom is -0.307 e. The lowest BCUT2D eigenvalue weighted by Crippen LogP contribution is -2.24. The van der Waals surface area contributed by atoms with Gasteiger partial charge in [-0.2, -0.15) is 0 Å². The largest absolute Gasteiger partial charge is 0.377 e. The van der Waals surface area contributed by atoms with E-state index in [-0.39, 0.29) is 5.82 Å². The second-order valence-corrected chi connectivity index (χ2v) is 2.69. The van der Waals surface area contributed by atoms with Crippen molar-refractivity contribution < 1.29 is 4.92 Å². The summed E-state index contributed by atoms with van der Waals surface area (Å²) in [6.45, 7) is 0. The highest BCUT2D eigenvalue weighted by molar-refractivity contribution is 5.52. The molecule has 0 saturated heterocycles. The minimum absolute atomic E-state index is 0.0799. The molecule has 1 heterocycles. The third-order valence-electron chi connectivity index (χ3n) is 1.34. The van der Waals surface area contributed by atoms with Gasteiger partial charge in [-0.15, -0.1) is 0 Å². The first kappa shape index (κ1) is 10.1. The molecule has 0 spiro atoms. The summed E-state index contributed by atoms with van der Waals surface area (Å²) in [6.07, 6.45) is 1.10. The van der Waals surface area contributed by atoms with Gasteiger partial charge in [-0.3, -0.25) is 20.3 Å². The van der Waals surface area contributed by atoms with Crippen LogP contribution in [0.25, 0.3) is 0 Å². The molecule has 0 aliphatic rings. The molecule has 14 heavy (non-hydrogen) atoms. The van der Waals surface area contributed by atoms with Gasteiger partial charge in [0.2, 0.25) is 5.82 Å². The molecule has 2 N–H and O–H groups in total. The van der Waals surface area contributed by atoms with Crippen LogP contribution in [-0.4, -0.2) is 34.0 Å². The van der Waals surface area contributed by atoms with Crippen LogP contribution in [0.3, 0.4) is 0 Å². The quantitative estimate of drug-likeness (QED) is 0.505. The Morgan fingerprint density at radius 1 is 1.64 bits per heavy atom. The summed E-state index contributed by atoms with van der Waals surface area (Å²) < 4.78 is 0. The van der Waals surface area contributed by atoms with E-state index in [4.69, 9.17) is 0 Å². The van der Waals surface area contributed by atoms with Crippen LogP contribution in [-0.2, 0) is 0 Å². The monoisotopic (exact) mass is 199 g/mol. The molecular formula is C6H9N5O3. The molecule has 8 heteroatoms. The third-order valence-corrected chi connectivity index (χ3v) is 1.34. The van der Waals surface area contributed by atoms with E-state index in [0.717, 1.165) is 6.33 Å². The molecule has 1 aromatic heterocycles. The van der Waals surface area contributed by atoms with Crippen LogP contribution in [0.15, 0.2) is 11.1 Å². The molecular weight excluding hydrogens is 190 g/mol. The van der Waals surface area contributed by atoms with Crippen LogP contribution in [0.1, 0.15) is 0 Å². The first-order valence-corrected chi connectivity index (χ1v) is 3.68. The Morgan fingerprint density at radius 3 is 2.79 bits per heavy atom. The Morgan fingerprint density at radius 2 is 2.29 bits per heavy atom. The number of H-pyrrole nitrogens is 1. The molecule has 8 nitrogen and oxygen atoms in total. The number of hydrogen-bond donors (Lipinski definition) is 2. The van der Waals surface area contributed by atoms with Gasteiger partial charge in [0.25, 0.3) is 0 Å². The summed E-state index contributed by atoms with van der Waals surface area (Å²) in [4.78, 5) is 26.6. The van der Waals surface area contributed by atoms with Crippen LogP contribution in [0.4, 0.5) is 11.5 Å². The Hall–Kier alpha value is -1.96. The Balaban J connectivity index is 3.22. The topological polar surface area (TPSA) is 104 Å². The maximum absolute atomic E-state index is 11.1. The van der Waals surface area contributed by atoms with Crippen LogP contribution < -0.4 is 11.0 Å². The van der Waals surface area contributed by atoms with Crippen LogP contribution in [0.5, 0.6) is 0 Å². The summed E-state index contributed by atoms with van der Waals surface area (Å²) in [7, 11) is 3.26. The number of aromatic nitrogens is 2. The minimum atomic E-state index is -0.783. The van der Waals surface area contributed by atoms with E-state index in [1.54, 1.807) is 14.1 Å². The summed E-state index contributed by atoms with van der Waals surface area (Å²) in [5.41, 5.74) is 1.18. The zero-order chi connectivity index (χ0) is 10.7. The van der Waals surface area contributed by atoms with Gasteiger partial charge in [-0.1, -0.05) is 0 Å². The molecule has 0 fully saturated rings. The van der Waals surface area contributed by atoms with Gasteiger partial charge in [0.15, 0.2) is 0 Å². The SMILES string of the molecule is CN(C)Nc1nc[nH]c(=O)c1[N+](=O)[O-]. The number of rotatable bonds is 3. The van der Waals surface area contributed by atoms with Crippen molar-refractivity contribution in [3.8, 4) is 0 Å². The fourth-order valence-corrected chi connectivity index (χ4v) is 0.855. The molecule has 0 saturated carbocycles. The van der Waals surface area contributed by atoms with E-state index >= 15 is 0 Å². The number of nitro groups is 1. The first-order chi connectivity index (χ1) is 6.52. The molecule has 0 amide bonds. The average molecular weight is 199 g/mol. The fourth-order valence-electron chi connectivity index (χ4n) is 0.855.